The van der Waals surface area contributed by atoms with Gasteiger partial charge in [-0.2, -0.15) is 0 Å². The van der Waals surface area contributed by atoms with Crippen LogP contribution in [0.5, 0.6) is 5.75 Å². The van der Waals surface area contributed by atoms with Crippen LogP contribution in [0.3, 0.4) is 0 Å². The topological polar surface area (TPSA) is 69.0 Å². The molecule has 0 saturated carbocycles. The average molecular weight is 443 g/mol. The van der Waals surface area contributed by atoms with Crippen molar-refractivity contribution in [3.05, 3.63) is 77.1 Å². The maximum absolute atomic E-state index is 12.4. The number of halogens is 1. The number of hydrogen-bond donors (Lipinski definition) is 1. The molecule has 8 heteroatoms. The molecule has 3 aromatic rings. The SMILES string of the molecule is C=CCn1c(COc2ccc(Cl)cc2)nnc1SCC(=O)Nc1ccc(C)cc1C. The summed E-state index contributed by atoms with van der Waals surface area (Å²) in [6.07, 6.45) is 1.76. The summed E-state index contributed by atoms with van der Waals surface area (Å²) in [5, 5.41) is 12.7. The highest BCUT2D eigenvalue weighted by Gasteiger charge is 2.14. The summed E-state index contributed by atoms with van der Waals surface area (Å²) in [4.78, 5) is 12.4. The molecule has 156 valence electrons. The third-order valence-electron chi connectivity index (χ3n) is 4.28. The number of aromatic nitrogens is 3. The molecule has 30 heavy (non-hydrogen) atoms. The minimum Gasteiger partial charge on any atom is -0.486 e. The normalized spacial score (nSPS) is 10.6. The molecule has 0 bridgehead atoms. The van der Waals surface area contributed by atoms with E-state index >= 15 is 0 Å². The Labute approximate surface area is 185 Å². The van der Waals surface area contributed by atoms with E-state index in [1.165, 1.54) is 11.8 Å². The van der Waals surface area contributed by atoms with Gasteiger partial charge in [0, 0.05) is 17.3 Å². The fourth-order valence-corrected chi connectivity index (χ4v) is 3.69. The molecule has 3 rings (SSSR count). The second kappa shape index (κ2) is 10.3. The van der Waals surface area contributed by atoms with E-state index in [9.17, 15) is 4.79 Å². The second-order valence-corrected chi connectivity index (χ2v) is 8.07. The van der Waals surface area contributed by atoms with E-state index in [1.54, 1.807) is 30.3 Å². The highest BCUT2D eigenvalue weighted by Crippen LogP contribution is 2.21. The van der Waals surface area contributed by atoms with E-state index < -0.39 is 0 Å². The van der Waals surface area contributed by atoms with Crippen molar-refractivity contribution in [2.75, 3.05) is 11.1 Å². The lowest BCUT2D eigenvalue weighted by Crippen LogP contribution is -2.15. The molecule has 0 radical (unpaired) electrons. The largest absolute Gasteiger partial charge is 0.486 e. The Morgan fingerprint density at radius 2 is 2.00 bits per heavy atom. The first-order chi connectivity index (χ1) is 14.5. The molecule has 1 amide bonds. The van der Waals surface area contributed by atoms with Crippen molar-refractivity contribution in [1.29, 1.82) is 0 Å². The lowest BCUT2D eigenvalue weighted by atomic mass is 10.1. The zero-order valence-electron chi connectivity index (χ0n) is 16.9. The van der Waals surface area contributed by atoms with Crippen molar-refractivity contribution in [3.8, 4) is 5.75 Å². The Kier molecular flexibility index (Phi) is 7.54. The van der Waals surface area contributed by atoms with Gasteiger partial charge in [-0.25, -0.2) is 0 Å². The predicted octanol–water partition coefficient (Wildman–Crippen LogP) is 5.04. The van der Waals surface area contributed by atoms with Crippen LogP contribution in [0.15, 0.2) is 60.3 Å². The summed E-state index contributed by atoms with van der Waals surface area (Å²) < 4.78 is 7.66. The molecule has 0 aliphatic carbocycles. The molecule has 0 unspecified atom stereocenters. The fourth-order valence-electron chi connectivity index (χ4n) is 2.79. The summed E-state index contributed by atoms with van der Waals surface area (Å²) in [6, 6.07) is 13.1. The van der Waals surface area contributed by atoms with Crippen LogP contribution < -0.4 is 10.1 Å². The predicted molar refractivity (Wildman–Crippen MR) is 121 cm³/mol. The van der Waals surface area contributed by atoms with Gasteiger partial charge in [-0.1, -0.05) is 47.1 Å². The van der Waals surface area contributed by atoms with Gasteiger partial charge in [-0.05, 0) is 49.7 Å². The number of carbonyl (C=O) groups excluding carboxylic acids is 1. The molecule has 1 N–H and O–H groups in total. The number of carbonyl (C=O) groups is 1. The fraction of sp³-hybridized carbons (Fsp3) is 0.227. The van der Waals surface area contributed by atoms with Gasteiger partial charge in [0.25, 0.3) is 0 Å². The molecule has 1 aromatic heterocycles. The number of nitrogens with zero attached hydrogens (tertiary/aromatic N) is 3. The molecule has 6 nitrogen and oxygen atoms in total. The number of anilines is 1. The third kappa shape index (κ3) is 5.87. The van der Waals surface area contributed by atoms with Crippen LogP contribution in [0.1, 0.15) is 17.0 Å². The first kappa shape index (κ1) is 21.9. The zero-order valence-corrected chi connectivity index (χ0v) is 18.5. The summed E-state index contributed by atoms with van der Waals surface area (Å²) in [5.41, 5.74) is 3.01. The van der Waals surface area contributed by atoms with Gasteiger partial charge in [0.15, 0.2) is 11.0 Å². The number of allylic oxidation sites excluding steroid dienone is 1. The van der Waals surface area contributed by atoms with E-state index in [-0.39, 0.29) is 18.3 Å². The molecule has 2 aromatic carbocycles. The number of benzene rings is 2. The number of hydrogen-bond acceptors (Lipinski definition) is 5. The average Bonchev–Trinajstić information content (AvgIpc) is 3.10. The minimum atomic E-state index is -0.0981. The Morgan fingerprint density at radius 3 is 2.70 bits per heavy atom. The van der Waals surface area contributed by atoms with Crippen molar-refractivity contribution in [3.63, 3.8) is 0 Å². The highest BCUT2D eigenvalue weighted by atomic mass is 35.5. The molecule has 0 aliphatic rings. The molecule has 0 fully saturated rings. The van der Waals surface area contributed by atoms with Gasteiger partial charge in [0.2, 0.25) is 5.91 Å². The van der Waals surface area contributed by atoms with Crippen LogP contribution in [-0.4, -0.2) is 26.4 Å². The molecule has 0 atom stereocenters. The third-order valence-corrected chi connectivity index (χ3v) is 5.49. The van der Waals surface area contributed by atoms with Crippen molar-refractivity contribution < 1.29 is 9.53 Å². The van der Waals surface area contributed by atoms with Crippen LogP contribution in [-0.2, 0) is 17.9 Å². The molecular weight excluding hydrogens is 420 g/mol. The van der Waals surface area contributed by atoms with Crippen molar-refractivity contribution in [2.24, 2.45) is 0 Å². The van der Waals surface area contributed by atoms with Crippen LogP contribution >= 0.6 is 23.4 Å². The van der Waals surface area contributed by atoms with Gasteiger partial charge >= 0.3 is 0 Å². The minimum absolute atomic E-state index is 0.0981. The van der Waals surface area contributed by atoms with E-state index in [4.69, 9.17) is 16.3 Å². The van der Waals surface area contributed by atoms with Crippen LogP contribution in [0.25, 0.3) is 0 Å². The van der Waals surface area contributed by atoms with Gasteiger partial charge < -0.3 is 10.1 Å². The smallest absolute Gasteiger partial charge is 0.234 e. The van der Waals surface area contributed by atoms with E-state index in [0.717, 1.165) is 16.8 Å². The summed E-state index contributed by atoms with van der Waals surface area (Å²) in [6.45, 7) is 8.56. The number of nitrogens with one attached hydrogen (secondary N) is 1. The molecule has 0 aliphatic heterocycles. The maximum atomic E-state index is 12.4. The summed E-state index contributed by atoms with van der Waals surface area (Å²) >= 11 is 7.22. The monoisotopic (exact) mass is 442 g/mol. The highest BCUT2D eigenvalue weighted by molar-refractivity contribution is 7.99. The summed E-state index contributed by atoms with van der Waals surface area (Å²) in [5.74, 6) is 1.47. The van der Waals surface area contributed by atoms with Gasteiger partial charge in [-0.3, -0.25) is 9.36 Å². The molecule has 0 saturated heterocycles. The van der Waals surface area contributed by atoms with E-state index in [2.05, 4.69) is 22.1 Å². The van der Waals surface area contributed by atoms with Crippen LogP contribution in [0.2, 0.25) is 5.02 Å². The Bertz CT molecular complexity index is 1030. The Hall–Kier alpha value is -2.77. The standard InChI is InChI=1S/C22H23ClN4O2S/c1-4-11-27-20(13-29-18-8-6-17(23)7-9-18)25-26-22(27)30-14-21(28)24-19-10-5-15(2)12-16(19)3/h4-10,12H,1,11,13-14H2,2-3H3,(H,24,28). The second-order valence-electron chi connectivity index (χ2n) is 6.70. The summed E-state index contributed by atoms with van der Waals surface area (Å²) in [7, 11) is 0. The quantitative estimate of drug-likeness (QED) is 0.371. The zero-order chi connectivity index (χ0) is 21.5. The van der Waals surface area contributed by atoms with Gasteiger partial charge in [0.1, 0.15) is 12.4 Å². The lowest BCUT2D eigenvalue weighted by Gasteiger charge is -2.10. The molecule has 0 spiro atoms. The first-order valence-corrected chi connectivity index (χ1v) is 10.7. The number of aryl methyl sites for hydroxylation is 2. The maximum Gasteiger partial charge on any atom is 0.234 e. The number of thioether (sulfide) groups is 1. The van der Waals surface area contributed by atoms with Crippen LogP contribution in [0.4, 0.5) is 5.69 Å². The molecule has 1 heterocycles. The Balaban J connectivity index is 1.61. The van der Waals surface area contributed by atoms with Gasteiger partial charge in [-0.15, -0.1) is 16.8 Å². The number of rotatable bonds is 9. The van der Waals surface area contributed by atoms with Crippen LogP contribution in [0, 0.1) is 13.8 Å². The lowest BCUT2D eigenvalue weighted by molar-refractivity contribution is -0.113. The van der Waals surface area contributed by atoms with E-state index in [0.29, 0.717) is 28.3 Å². The number of ether oxygens (including phenoxy) is 1. The first-order valence-electron chi connectivity index (χ1n) is 9.37. The number of amides is 1. The Morgan fingerprint density at radius 1 is 1.23 bits per heavy atom. The van der Waals surface area contributed by atoms with Crippen molar-refractivity contribution >= 4 is 35.0 Å². The van der Waals surface area contributed by atoms with Crippen molar-refractivity contribution in [2.45, 2.75) is 32.2 Å². The van der Waals surface area contributed by atoms with Gasteiger partial charge in [0.05, 0.1) is 5.75 Å². The van der Waals surface area contributed by atoms with Crippen molar-refractivity contribution in [1.82, 2.24) is 14.8 Å². The van der Waals surface area contributed by atoms with E-state index in [1.807, 2.05) is 36.6 Å². The molecular formula is C22H23ClN4O2S.